The van der Waals surface area contributed by atoms with Gasteiger partial charge in [-0.15, -0.1) is 0 Å². The van der Waals surface area contributed by atoms with E-state index in [9.17, 15) is 14.4 Å². The number of amides is 3. The van der Waals surface area contributed by atoms with Crippen LogP contribution in [0.4, 0.5) is 0 Å². The van der Waals surface area contributed by atoms with Gasteiger partial charge in [-0.25, -0.2) is 0 Å². The van der Waals surface area contributed by atoms with E-state index in [-0.39, 0.29) is 30.2 Å². The van der Waals surface area contributed by atoms with Gasteiger partial charge in [0.1, 0.15) is 6.04 Å². The molecule has 3 unspecified atom stereocenters. The fourth-order valence-corrected chi connectivity index (χ4v) is 4.27. The maximum absolute atomic E-state index is 12.8. The van der Waals surface area contributed by atoms with Crippen molar-refractivity contribution in [3.8, 4) is 0 Å². The summed E-state index contributed by atoms with van der Waals surface area (Å²) >= 11 is 0. The number of hydrogen-bond acceptors (Lipinski definition) is 5. The maximum atomic E-state index is 12.8. The average Bonchev–Trinajstić information content (AvgIpc) is 3.17. The molecule has 4 N–H and O–H groups in total. The summed E-state index contributed by atoms with van der Waals surface area (Å²) in [6.07, 6.45) is 3.77. The molecule has 138 valence electrons. The van der Waals surface area contributed by atoms with Gasteiger partial charge in [0.25, 0.3) is 5.91 Å². The minimum Gasteiger partial charge on any atom is -0.328 e. The maximum Gasteiger partial charge on any atom is 0.255 e. The van der Waals surface area contributed by atoms with Gasteiger partial charge in [0.2, 0.25) is 11.8 Å². The minimum absolute atomic E-state index is 0.126. The molecule has 26 heavy (non-hydrogen) atoms. The van der Waals surface area contributed by atoms with Gasteiger partial charge in [0.15, 0.2) is 0 Å². The van der Waals surface area contributed by atoms with E-state index in [2.05, 4.69) is 10.6 Å². The molecule has 4 rings (SSSR count). The molecular weight excluding hydrogens is 332 g/mol. The Morgan fingerprint density at radius 2 is 2.04 bits per heavy atom. The summed E-state index contributed by atoms with van der Waals surface area (Å²) in [6.45, 7) is 1.11. The highest BCUT2D eigenvalue weighted by atomic mass is 16.2. The Labute approximate surface area is 152 Å². The molecule has 0 radical (unpaired) electrons. The molecule has 0 spiro atoms. The van der Waals surface area contributed by atoms with E-state index in [4.69, 9.17) is 5.73 Å². The highest BCUT2D eigenvalue weighted by molar-refractivity contribution is 6.05. The monoisotopic (exact) mass is 356 g/mol. The molecule has 3 aliphatic rings. The van der Waals surface area contributed by atoms with Gasteiger partial charge in [0, 0.05) is 37.2 Å². The van der Waals surface area contributed by atoms with Crippen molar-refractivity contribution in [2.75, 3.05) is 0 Å². The van der Waals surface area contributed by atoms with Crippen LogP contribution in [0.2, 0.25) is 0 Å². The highest BCUT2D eigenvalue weighted by Gasteiger charge is 2.39. The molecular formula is C19H24N4O3. The molecule has 1 saturated carbocycles. The van der Waals surface area contributed by atoms with E-state index in [0.717, 1.165) is 30.4 Å². The molecule has 2 fully saturated rings. The lowest BCUT2D eigenvalue weighted by Gasteiger charge is -2.29. The van der Waals surface area contributed by atoms with Gasteiger partial charge < -0.3 is 16.0 Å². The Bertz CT molecular complexity index is 763. The Kier molecular flexibility index (Phi) is 4.50. The third-order valence-electron chi connectivity index (χ3n) is 5.73. The number of carbonyl (C=O) groups is 3. The smallest absolute Gasteiger partial charge is 0.255 e. The molecule has 0 bridgehead atoms. The summed E-state index contributed by atoms with van der Waals surface area (Å²) in [7, 11) is 0. The molecule has 2 heterocycles. The van der Waals surface area contributed by atoms with E-state index in [1.165, 1.54) is 0 Å². The molecule has 1 aromatic rings. The Hall–Kier alpha value is -2.25. The lowest BCUT2D eigenvalue weighted by molar-refractivity contribution is -0.136. The van der Waals surface area contributed by atoms with Crippen molar-refractivity contribution in [3.63, 3.8) is 0 Å². The van der Waals surface area contributed by atoms with Crippen molar-refractivity contribution in [3.05, 3.63) is 34.9 Å². The van der Waals surface area contributed by atoms with Crippen LogP contribution in [0.15, 0.2) is 18.2 Å². The molecule has 1 aromatic carbocycles. The van der Waals surface area contributed by atoms with Crippen LogP contribution < -0.4 is 16.4 Å². The number of nitrogens with one attached hydrogen (secondary N) is 2. The van der Waals surface area contributed by atoms with Gasteiger partial charge in [-0.3, -0.25) is 19.7 Å². The summed E-state index contributed by atoms with van der Waals surface area (Å²) in [5.41, 5.74) is 8.71. The molecule has 1 saturated heterocycles. The largest absolute Gasteiger partial charge is 0.328 e. The zero-order valence-corrected chi connectivity index (χ0v) is 14.7. The van der Waals surface area contributed by atoms with E-state index < -0.39 is 6.04 Å². The van der Waals surface area contributed by atoms with E-state index >= 15 is 0 Å². The fourth-order valence-electron chi connectivity index (χ4n) is 4.27. The molecule has 0 aromatic heterocycles. The zero-order valence-electron chi connectivity index (χ0n) is 14.7. The second-order valence-electron chi connectivity index (χ2n) is 7.49. The standard InChI is InChI=1S/C19H24N4O3/c20-12-4-5-13(8-12)21-9-11-2-1-3-14-15(11)10-23(19(14)26)16-6-7-17(24)22-18(16)25/h1-3,12-13,16,21H,4-10,20H2,(H,22,24,25). The average molecular weight is 356 g/mol. The number of hydrogen-bond donors (Lipinski definition) is 3. The second-order valence-corrected chi connectivity index (χ2v) is 7.49. The topological polar surface area (TPSA) is 105 Å². The number of fused-ring (bicyclic) bond motifs is 1. The Balaban J connectivity index is 1.49. The van der Waals surface area contributed by atoms with E-state index in [0.29, 0.717) is 31.1 Å². The first kappa shape index (κ1) is 17.2. The number of benzene rings is 1. The SMILES string of the molecule is NC1CCC(NCc2cccc3c2CN(C2CCC(=O)NC2=O)C3=O)C1. The van der Waals surface area contributed by atoms with Crippen LogP contribution in [0.25, 0.3) is 0 Å². The molecule has 1 aliphatic carbocycles. The first-order chi connectivity index (χ1) is 12.5. The summed E-state index contributed by atoms with van der Waals surface area (Å²) in [6, 6.07) is 5.87. The Morgan fingerprint density at radius 3 is 2.77 bits per heavy atom. The predicted octanol–water partition coefficient (Wildman–Crippen LogP) is 0.417. The van der Waals surface area contributed by atoms with Crippen LogP contribution >= 0.6 is 0 Å². The summed E-state index contributed by atoms with van der Waals surface area (Å²) < 4.78 is 0. The number of nitrogens with two attached hydrogens (primary N) is 1. The van der Waals surface area contributed by atoms with Crippen LogP contribution in [0.3, 0.4) is 0 Å². The number of imide groups is 1. The van der Waals surface area contributed by atoms with Gasteiger partial charge in [-0.2, -0.15) is 0 Å². The number of nitrogens with zero attached hydrogens (tertiary/aromatic N) is 1. The predicted molar refractivity (Wildman–Crippen MR) is 94.9 cm³/mol. The second kappa shape index (κ2) is 6.81. The van der Waals surface area contributed by atoms with Crippen LogP contribution in [0, 0.1) is 0 Å². The van der Waals surface area contributed by atoms with E-state index in [1.54, 1.807) is 4.90 Å². The molecule has 7 heteroatoms. The summed E-state index contributed by atoms with van der Waals surface area (Å²) in [5, 5.41) is 5.89. The van der Waals surface area contributed by atoms with Gasteiger partial charge >= 0.3 is 0 Å². The van der Waals surface area contributed by atoms with Crippen molar-refractivity contribution >= 4 is 17.7 Å². The fraction of sp³-hybridized carbons (Fsp3) is 0.526. The lowest BCUT2D eigenvalue weighted by atomic mass is 10.0. The highest BCUT2D eigenvalue weighted by Crippen LogP contribution is 2.30. The number of carbonyl (C=O) groups excluding carboxylic acids is 3. The number of piperidine rings is 1. The van der Waals surface area contributed by atoms with E-state index in [1.807, 2.05) is 18.2 Å². The summed E-state index contributed by atoms with van der Waals surface area (Å²) in [5.74, 6) is -0.767. The third kappa shape index (κ3) is 3.12. The van der Waals surface area contributed by atoms with Crippen molar-refractivity contribution in [1.29, 1.82) is 0 Å². The molecule has 2 aliphatic heterocycles. The van der Waals surface area contributed by atoms with Crippen LogP contribution in [-0.4, -0.2) is 40.7 Å². The van der Waals surface area contributed by atoms with Crippen molar-refractivity contribution < 1.29 is 14.4 Å². The van der Waals surface area contributed by atoms with Gasteiger partial charge in [-0.05, 0) is 42.9 Å². The Morgan fingerprint density at radius 1 is 1.19 bits per heavy atom. The van der Waals surface area contributed by atoms with Crippen molar-refractivity contribution in [2.45, 2.75) is 63.3 Å². The van der Waals surface area contributed by atoms with Crippen molar-refractivity contribution in [2.24, 2.45) is 5.73 Å². The third-order valence-corrected chi connectivity index (χ3v) is 5.73. The quantitative estimate of drug-likeness (QED) is 0.678. The zero-order chi connectivity index (χ0) is 18.3. The molecule has 7 nitrogen and oxygen atoms in total. The molecule has 3 atom stereocenters. The normalized spacial score (nSPS) is 28.4. The molecule has 3 amide bonds. The number of rotatable bonds is 4. The summed E-state index contributed by atoms with van der Waals surface area (Å²) in [4.78, 5) is 37.9. The first-order valence-electron chi connectivity index (χ1n) is 9.27. The lowest BCUT2D eigenvalue weighted by Crippen LogP contribution is -2.52. The first-order valence-corrected chi connectivity index (χ1v) is 9.27. The minimum atomic E-state index is -0.568. The van der Waals surface area contributed by atoms with Crippen LogP contribution in [0.1, 0.15) is 53.6 Å². The van der Waals surface area contributed by atoms with Crippen LogP contribution in [-0.2, 0) is 22.7 Å². The van der Waals surface area contributed by atoms with Crippen molar-refractivity contribution in [1.82, 2.24) is 15.5 Å². The van der Waals surface area contributed by atoms with Gasteiger partial charge in [-0.1, -0.05) is 12.1 Å². The van der Waals surface area contributed by atoms with Gasteiger partial charge in [0.05, 0.1) is 0 Å². The van der Waals surface area contributed by atoms with Crippen LogP contribution in [0.5, 0.6) is 0 Å².